The van der Waals surface area contributed by atoms with Crippen LogP contribution in [0.4, 0.5) is 0 Å². The van der Waals surface area contributed by atoms with Crippen molar-refractivity contribution in [2.24, 2.45) is 40.7 Å². The van der Waals surface area contributed by atoms with Crippen LogP contribution >= 0.6 is 0 Å². The zero-order valence-electron chi connectivity index (χ0n) is 31.7. The number of carbonyl (C=O) groups is 1. The first kappa shape index (κ1) is 40.3. The molecule has 0 aromatic heterocycles. The molecular formula is C38H71N3O6. The summed E-state index contributed by atoms with van der Waals surface area (Å²) in [6.45, 7) is 27.3. The van der Waals surface area contributed by atoms with Crippen molar-refractivity contribution in [2.75, 3.05) is 52.5 Å². The maximum absolute atomic E-state index is 12.3. The monoisotopic (exact) mass is 666 g/mol. The Morgan fingerprint density at radius 3 is 1.49 bits per heavy atom. The van der Waals surface area contributed by atoms with Crippen LogP contribution in [0.5, 0.6) is 0 Å². The topological polar surface area (TPSA) is 93.1 Å². The van der Waals surface area contributed by atoms with E-state index < -0.39 is 0 Å². The number of ketones is 1. The predicted octanol–water partition coefficient (Wildman–Crippen LogP) is 6.55. The summed E-state index contributed by atoms with van der Waals surface area (Å²) in [6, 6.07) is 0. The van der Waals surface area contributed by atoms with Crippen LogP contribution in [0, 0.1) is 35.5 Å². The first-order chi connectivity index (χ1) is 22.2. The molecule has 4 aliphatic rings. The zero-order valence-corrected chi connectivity index (χ0v) is 31.7. The molecule has 9 nitrogen and oxygen atoms in total. The molecule has 0 spiro atoms. The van der Waals surface area contributed by atoms with Crippen molar-refractivity contribution in [2.45, 2.75) is 144 Å². The van der Waals surface area contributed by atoms with Gasteiger partial charge in [0.1, 0.15) is 6.61 Å². The molecule has 4 rings (SSSR count). The van der Waals surface area contributed by atoms with Gasteiger partial charge in [-0.25, -0.2) is 0 Å². The van der Waals surface area contributed by atoms with Gasteiger partial charge in [0.05, 0.1) is 55.5 Å². The van der Waals surface area contributed by atoms with Crippen LogP contribution in [0.15, 0.2) is 5.16 Å². The Balaban J connectivity index is 0.000000256. The third-order valence-corrected chi connectivity index (χ3v) is 10.8. The summed E-state index contributed by atoms with van der Waals surface area (Å²) in [5, 5.41) is 12.9. The standard InChI is InChI=1S/C19H36N2O3.C19H35NO3/c1-13(2)18-7-6-14(3)8-19(18)23-12-17(20-22)11-21-9-15(4)24-16(5)10-21;1-13(2)18-7-6-14(3)8-19(18)22-12-17(21)11-20-9-15(4)23-16(5)10-20/h13-16,18-19,22H,6-12H2,1-5H3;13-16,18-19H,6-12H2,1-5H3/b20-17+;. The van der Waals surface area contributed by atoms with Crippen LogP contribution in [-0.2, 0) is 23.7 Å². The molecule has 2 aliphatic heterocycles. The largest absolute Gasteiger partial charge is 0.411 e. The van der Waals surface area contributed by atoms with E-state index in [4.69, 9.17) is 18.9 Å². The molecule has 4 fully saturated rings. The molecule has 2 heterocycles. The minimum absolute atomic E-state index is 0.201. The summed E-state index contributed by atoms with van der Waals surface area (Å²) in [7, 11) is 0. The number of nitrogens with zero attached hydrogens (tertiary/aromatic N) is 3. The van der Waals surface area contributed by atoms with E-state index in [2.05, 4.69) is 84.2 Å². The molecule has 9 heteroatoms. The van der Waals surface area contributed by atoms with Gasteiger partial charge in [-0.1, -0.05) is 59.5 Å². The molecule has 2 saturated heterocycles. The van der Waals surface area contributed by atoms with Crippen molar-refractivity contribution in [3.63, 3.8) is 0 Å². The van der Waals surface area contributed by atoms with Crippen LogP contribution in [0.25, 0.3) is 0 Å². The first-order valence-electron chi connectivity index (χ1n) is 18.9. The zero-order chi connectivity index (χ0) is 34.7. The average molecular weight is 666 g/mol. The molecule has 0 aromatic rings. The highest BCUT2D eigenvalue weighted by molar-refractivity contribution is 5.87. The van der Waals surface area contributed by atoms with Gasteiger partial charge in [0.25, 0.3) is 0 Å². The van der Waals surface area contributed by atoms with E-state index in [1.807, 2.05) is 0 Å². The van der Waals surface area contributed by atoms with E-state index in [0.717, 1.165) is 50.7 Å². The summed E-state index contributed by atoms with van der Waals surface area (Å²) in [5.41, 5.74) is 0.719. The second kappa shape index (κ2) is 19.9. The van der Waals surface area contributed by atoms with E-state index in [-0.39, 0.29) is 49.0 Å². The van der Waals surface area contributed by atoms with Crippen molar-refractivity contribution < 1.29 is 28.9 Å². The van der Waals surface area contributed by atoms with Crippen LogP contribution in [0.2, 0.25) is 0 Å². The summed E-state index contributed by atoms with van der Waals surface area (Å²) in [6.07, 6.45) is 8.68. The summed E-state index contributed by atoms with van der Waals surface area (Å²) >= 11 is 0. The molecule has 2 saturated carbocycles. The highest BCUT2D eigenvalue weighted by Gasteiger charge is 2.33. The van der Waals surface area contributed by atoms with Gasteiger partial charge in [-0.05, 0) is 88.9 Å². The number of rotatable bonds is 12. The van der Waals surface area contributed by atoms with Crippen molar-refractivity contribution in [3.05, 3.63) is 0 Å². The van der Waals surface area contributed by atoms with Crippen molar-refractivity contribution in [3.8, 4) is 0 Å². The maximum atomic E-state index is 12.3. The van der Waals surface area contributed by atoms with E-state index in [0.29, 0.717) is 49.3 Å². The van der Waals surface area contributed by atoms with Gasteiger partial charge in [-0.15, -0.1) is 0 Å². The summed E-state index contributed by atoms with van der Waals surface area (Å²) < 4.78 is 23.8. The number of ether oxygens (including phenoxy) is 4. The number of Topliss-reactive ketones (excluding diaryl/α,β-unsaturated/α-hetero) is 1. The lowest BCUT2D eigenvalue weighted by atomic mass is 9.75. The molecule has 0 amide bonds. The van der Waals surface area contributed by atoms with Gasteiger partial charge in [-0.3, -0.25) is 14.6 Å². The van der Waals surface area contributed by atoms with Crippen LogP contribution in [-0.4, -0.2) is 116 Å². The fourth-order valence-corrected chi connectivity index (χ4v) is 8.50. The quantitative estimate of drug-likeness (QED) is 0.143. The predicted molar refractivity (Wildman–Crippen MR) is 189 cm³/mol. The van der Waals surface area contributed by atoms with Gasteiger partial charge in [0, 0.05) is 32.7 Å². The first-order valence-corrected chi connectivity index (χ1v) is 18.9. The van der Waals surface area contributed by atoms with E-state index in [1.54, 1.807) is 0 Å². The Morgan fingerprint density at radius 2 is 1.09 bits per heavy atom. The Morgan fingerprint density at radius 1 is 0.681 bits per heavy atom. The molecule has 10 atom stereocenters. The number of hydrogen-bond acceptors (Lipinski definition) is 9. The lowest BCUT2D eigenvalue weighted by molar-refractivity contribution is -0.133. The fraction of sp³-hybridized carbons (Fsp3) is 0.947. The minimum Gasteiger partial charge on any atom is -0.411 e. The van der Waals surface area contributed by atoms with Crippen LogP contribution in [0.3, 0.4) is 0 Å². The average Bonchev–Trinajstić information content (AvgIpc) is 2.97. The van der Waals surface area contributed by atoms with Crippen LogP contribution < -0.4 is 0 Å². The number of oxime groups is 1. The number of hydrogen-bond donors (Lipinski definition) is 1. The van der Waals surface area contributed by atoms with E-state index in [9.17, 15) is 10.0 Å². The highest BCUT2D eigenvalue weighted by atomic mass is 16.5. The SMILES string of the molecule is CC1CCC(C(C)C)C(OC/C(CN2CC(C)OC(C)C2)=N/O)C1.CC1CCC(C(C)C)C(OCC(=O)CN2CC(C)OC(C)C2)C1. The third-order valence-electron chi connectivity index (χ3n) is 10.8. The second-order valence-electron chi connectivity index (χ2n) is 16.5. The van der Waals surface area contributed by atoms with Crippen molar-refractivity contribution in [1.82, 2.24) is 9.80 Å². The Bertz CT molecular complexity index is 926. The summed E-state index contributed by atoms with van der Waals surface area (Å²) in [4.78, 5) is 16.8. The smallest absolute Gasteiger partial charge is 0.172 e. The lowest BCUT2D eigenvalue weighted by Gasteiger charge is -2.38. The highest BCUT2D eigenvalue weighted by Crippen LogP contribution is 2.36. The Kier molecular flexibility index (Phi) is 17.1. The molecule has 2 aliphatic carbocycles. The van der Waals surface area contributed by atoms with Gasteiger partial charge in [0.2, 0.25) is 0 Å². The molecule has 0 radical (unpaired) electrons. The minimum atomic E-state index is 0.201. The molecule has 0 aromatic carbocycles. The van der Waals surface area contributed by atoms with Gasteiger partial charge in [0.15, 0.2) is 5.78 Å². The molecule has 274 valence electrons. The van der Waals surface area contributed by atoms with Crippen molar-refractivity contribution in [1.29, 1.82) is 0 Å². The van der Waals surface area contributed by atoms with E-state index >= 15 is 0 Å². The van der Waals surface area contributed by atoms with Crippen molar-refractivity contribution >= 4 is 11.5 Å². The molecule has 0 bridgehead atoms. The second-order valence-corrected chi connectivity index (χ2v) is 16.5. The Hall–Kier alpha value is -1.10. The molecule has 1 N–H and O–H groups in total. The lowest BCUT2D eigenvalue weighted by Crippen LogP contribution is -2.48. The number of carbonyl (C=O) groups excluding carboxylic acids is 1. The van der Waals surface area contributed by atoms with Gasteiger partial charge < -0.3 is 24.2 Å². The van der Waals surface area contributed by atoms with Crippen LogP contribution in [0.1, 0.15) is 108 Å². The Labute approximate surface area is 287 Å². The fourth-order valence-electron chi connectivity index (χ4n) is 8.50. The van der Waals surface area contributed by atoms with Gasteiger partial charge in [-0.2, -0.15) is 0 Å². The summed E-state index contributed by atoms with van der Waals surface area (Å²) in [5.74, 6) is 4.12. The molecule has 47 heavy (non-hydrogen) atoms. The van der Waals surface area contributed by atoms with Gasteiger partial charge >= 0.3 is 0 Å². The molecular weight excluding hydrogens is 594 g/mol. The van der Waals surface area contributed by atoms with E-state index in [1.165, 1.54) is 25.7 Å². The third kappa shape index (κ3) is 14.0. The maximum Gasteiger partial charge on any atom is 0.172 e. The molecule has 10 unspecified atom stereocenters. The normalized spacial score (nSPS) is 36.3. The number of morpholine rings is 2.